The first-order chi connectivity index (χ1) is 12.7. The second kappa shape index (κ2) is 8.49. The lowest BCUT2D eigenvalue weighted by Gasteiger charge is -2.23. The lowest BCUT2D eigenvalue weighted by molar-refractivity contribution is -0.138. The summed E-state index contributed by atoms with van der Waals surface area (Å²) in [4.78, 5) is 36.3. The lowest BCUT2D eigenvalue weighted by Crippen LogP contribution is -2.44. The topological polar surface area (TPSA) is 87.3 Å². The van der Waals surface area contributed by atoms with Gasteiger partial charge in [-0.2, -0.15) is 0 Å². The Kier molecular flexibility index (Phi) is 6.34. The third-order valence-corrected chi connectivity index (χ3v) is 4.28. The first-order valence-corrected chi connectivity index (χ1v) is 8.72. The van der Waals surface area contributed by atoms with Gasteiger partial charge in [-0.25, -0.2) is 0 Å². The summed E-state index contributed by atoms with van der Waals surface area (Å²) >= 11 is 0. The van der Waals surface area contributed by atoms with Gasteiger partial charge in [0.05, 0.1) is 0 Å². The highest BCUT2D eigenvalue weighted by atomic mass is 16.2. The van der Waals surface area contributed by atoms with Gasteiger partial charge in [0, 0.05) is 24.8 Å². The zero-order valence-electron chi connectivity index (χ0n) is 16.1. The number of benzene rings is 2. The van der Waals surface area contributed by atoms with E-state index < -0.39 is 11.3 Å². The summed E-state index contributed by atoms with van der Waals surface area (Å²) in [7, 11) is 0. The second-order valence-corrected chi connectivity index (χ2v) is 6.95. The summed E-state index contributed by atoms with van der Waals surface area (Å²) in [6.45, 7) is 6.90. The van der Waals surface area contributed by atoms with E-state index in [2.05, 4.69) is 16.0 Å². The molecule has 2 rings (SSSR count). The smallest absolute Gasteiger partial charge is 0.239 e. The van der Waals surface area contributed by atoms with Gasteiger partial charge in [-0.15, -0.1) is 0 Å². The maximum absolute atomic E-state index is 12.6. The molecule has 0 aliphatic rings. The summed E-state index contributed by atoms with van der Waals surface area (Å²) in [6, 6.07) is 14.5. The van der Waals surface area contributed by atoms with Crippen LogP contribution in [0.3, 0.4) is 0 Å². The number of carbonyl (C=O) groups excluding carboxylic acids is 3. The SMILES string of the molecule is CC(=O)Nc1cccc(NC(=O)C(C)(C)C(=O)NCc2ccccc2C)c1. The van der Waals surface area contributed by atoms with Crippen molar-refractivity contribution in [2.24, 2.45) is 5.41 Å². The van der Waals surface area contributed by atoms with E-state index in [9.17, 15) is 14.4 Å². The average Bonchev–Trinajstić information content (AvgIpc) is 2.60. The molecule has 142 valence electrons. The predicted octanol–water partition coefficient (Wildman–Crippen LogP) is 3.23. The van der Waals surface area contributed by atoms with Crippen molar-refractivity contribution >= 4 is 29.1 Å². The van der Waals surface area contributed by atoms with E-state index in [0.717, 1.165) is 11.1 Å². The van der Waals surface area contributed by atoms with Crippen molar-refractivity contribution in [3.63, 3.8) is 0 Å². The largest absolute Gasteiger partial charge is 0.351 e. The van der Waals surface area contributed by atoms with Crippen LogP contribution in [-0.2, 0) is 20.9 Å². The number of nitrogens with one attached hydrogen (secondary N) is 3. The molecule has 0 spiro atoms. The van der Waals surface area contributed by atoms with Crippen molar-refractivity contribution in [2.45, 2.75) is 34.2 Å². The number of amides is 3. The molecule has 3 N–H and O–H groups in total. The Morgan fingerprint density at radius 2 is 1.52 bits per heavy atom. The van der Waals surface area contributed by atoms with Gasteiger partial charge in [0.25, 0.3) is 0 Å². The highest BCUT2D eigenvalue weighted by Gasteiger charge is 2.36. The molecule has 0 aliphatic carbocycles. The Morgan fingerprint density at radius 3 is 2.15 bits per heavy atom. The minimum absolute atomic E-state index is 0.200. The van der Waals surface area contributed by atoms with Crippen LogP contribution in [0.15, 0.2) is 48.5 Å². The Labute approximate surface area is 159 Å². The molecule has 0 saturated carbocycles. The van der Waals surface area contributed by atoms with Gasteiger partial charge in [-0.3, -0.25) is 14.4 Å². The number of anilines is 2. The fraction of sp³-hybridized carbons (Fsp3) is 0.286. The summed E-state index contributed by atoms with van der Waals surface area (Å²) < 4.78 is 0. The second-order valence-electron chi connectivity index (χ2n) is 6.95. The molecule has 0 saturated heterocycles. The highest BCUT2D eigenvalue weighted by Crippen LogP contribution is 2.21. The Balaban J connectivity index is 2.02. The Morgan fingerprint density at radius 1 is 0.889 bits per heavy atom. The van der Waals surface area contributed by atoms with Crippen molar-refractivity contribution in [1.29, 1.82) is 0 Å². The van der Waals surface area contributed by atoms with Gasteiger partial charge in [-0.1, -0.05) is 30.3 Å². The van der Waals surface area contributed by atoms with E-state index in [1.54, 1.807) is 38.1 Å². The van der Waals surface area contributed by atoms with Gasteiger partial charge in [0.2, 0.25) is 17.7 Å². The molecule has 0 unspecified atom stereocenters. The summed E-state index contributed by atoms with van der Waals surface area (Å²) in [5.41, 5.74) is 1.90. The number of rotatable bonds is 6. The molecule has 2 aromatic carbocycles. The van der Waals surface area contributed by atoms with Crippen molar-refractivity contribution in [3.05, 3.63) is 59.7 Å². The van der Waals surface area contributed by atoms with E-state index in [1.165, 1.54) is 6.92 Å². The molecule has 0 atom stereocenters. The number of hydrogen-bond donors (Lipinski definition) is 3. The van der Waals surface area contributed by atoms with Gasteiger partial charge in [0.15, 0.2) is 0 Å². The van der Waals surface area contributed by atoms with E-state index in [1.807, 2.05) is 31.2 Å². The third kappa shape index (κ3) is 5.41. The third-order valence-electron chi connectivity index (χ3n) is 4.28. The Bertz CT molecular complexity index is 859. The van der Waals surface area contributed by atoms with Gasteiger partial charge in [-0.05, 0) is 50.1 Å². The average molecular weight is 367 g/mol. The van der Waals surface area contributed by atoms with Crippen LogP contribution in [0.1, 0.15) is 31.9 Å². The molecule has 0 fully saturated rings. The predicted molar refractivity (Wildman–Crippen MR) is 106 cm³/mol. The zero-order valence-corrected chi connectivity index (χ0v) is 16.1. The molecule has 0 bridgehead atoms. The molecular formula is C21H25N3O3. The van der Waals surface area contributed by atoms with Gasteiger partial charge in [0.1, 0.15) is 5.41 Å². The van der Waals surface area contributed by atoms with Crippen LogP contribution in [0, 0.1) is 12.3 Å². The summed E-state index contributed by atoms with van der Waals surface area (Å²) in [5, 5.41) is 8.22. The van der Waals surface area contributed by atoms with E-state index in [4.69, 9.17) is 0 Å². The normalized spacial score (nSPS) is 10.8. The summed E-state index contributed by atoms with van der Waals surface area (Å²) in [6.07, 6.45) is 0. The number of carbonyl (C=O) groups is 3. The molecular weight excluding hydrogens is 342 g/mol. The van der Waals surface area contributed by atoms with E-state index in [-0.39, 0.29) is 11.8 Å². The van der Waals surface area contributed by atoms with Crippen LogP contribution < -0.4 is 16.0 Å². The minimum Gasteiger partial charge on any atom is -0.351 e. The molecule has 0 aliphatic heterocycles. The van der Waals surface area contributed by atoms with E-state index >= 15 is 0 Å². The van der Waals surface area contributed by atoms with Crippen molar-refractivity contribution in [2.75, 3.05) is 10.6 Å². The Hall–Kier alpha value is -3.15. The fourth-order valence-corrected chi connectivity index (χ4v) is 2.47. The van der Waals surface area contributed by atoms with Crippen LogP contribution in [0.25, 0.3) is 0 Å². The van der Waals surface area contributed by atoms with Crippen LogP contribution in [-0.4, -0.2) is 17.7 Å². The molecule has 0 radical (unpaired) electrons. The first kappa shape index (κ1) is 20.2. The maximum Gasteiger partial charge on any atom is 0.239 e. The highest BCUT2D eigenvalue weighted by molar-refractivity contribution is 6.10. The molecule has 0 aromatic heterocycles. The molecule has 27 heavy (non-hydrogen) atoms. The quantitative estimate of drug-likeness (QED) is 0.685. The molecule has 6 nitrogen and oxygen atoms in total. The van der Waals surface area contributed by atoms with Crippen molar-refractivity contribution in [3.8, 4) is 0 Å². The summed E-state index contributed by atoms with van der Waals surface area (Å²) in [5.74, 6) is -0.986. The van der Waals surface area contributed by atoms with Crippen LogP contribution >= 0.6 is 0 Å². The van der Waals surface area contributed by atoms with Crippen LogP contribution in [0.5, 0.6) is 0 Å². The molecule has 3 amide bonds. The standard InChI is InChI=1S/C21H25N3O3/c1-14-8-5-6-9-16(14)13-22-19(26)21(3,4)20(27)24-18-11-7-10-17(12-18)23-15(2)25/h5-12H,13H2,1-4H3,(H,22,26)(H,23,25)(H,24,27). The zero-order chi connectivity index (χ0) is 20.0. The number of hydrogen-bond acceptors (Lipinski definition) is 3. The maximum atomic E-state index is 12.6. The van der Waals surface area contributed by atoms with Crippen molar-refractivity contribution < 1.29 is 14.4 Å². The first-order valence-electron chi connectivity index (χ1n) is 8.72. The van der Waals surface area contributed by atoms with Gasteiger partial charge < -0.3 is 16.0 Å². The van der Waals surface area contributed by atoms with E-state index in [0.29, 0.717) is 17.9 Å². The molecule has 0 heterocycles. The minimum atomic E-state index is -1.26. The lowest BCUT2D eigenvalue weighted by atomic mass is 9.90. The van der Waals surface area contributed by atoms with Crippen molar-refractivity contribution in [1.82, 2.24) is 5.32 Å². The monoisotopic (exact) mass is 367 g/mol. The van der Waals surface area contributed by atoms with Gasteiger partial charge >= 0.3 is 0 Å². The number of aryl methyl sites for hydroxylation is 1. The molecule has 6 heteroatoms. The molecule has 2 aromatic rings. The fourth-order valence-electron chi connectivity index (χ4n) is 2.47. The van der Waals surface area contributed by atoms with Crippen LogP contribution in [0.4, 0.5) is 11.4 Å². The van der Waals surface area contributed by atoms with Crippen LogP contribution in [0.2, 0.25) is 0 Å².